The normalized spacial score (nSPS) is 18.9. The molecular weight excluding hydrogens is 599 g/mol. The van der Waals surface area contributed by atoms with Gasteiger partial charge in [-0.25, -0.2) is 15.0 Å². The quantitative estimate of drug-likeness (QED) is 0.181. The molecule has 5 aromatic carbocycles. The maximum Gasteiger partial charge on any atom is 0.164 e. The third kappa shape index (κ3) is 4.70. The number of fused-ring (bicyclic) bond motifs is 7. The monoisotopic (exact) mass is 631 g/mol. The van der Waals surface area contributed by atoms with Crippen LogP contribution in [0.3, 0.4) is 0 Å². The summed E-state index contributed by atoms with van der Waals surface area (Å²) in [7, 11) is 0. The molecule has 49 heavy (non-hydrogen) atoms. The minimum Gasteiger partial charge on any atom is -0.456 e. The van der Waals surface area contributed by atoms with Crippen LogP contribution in [-0.4, -0.2) is 15.0 Å². The van der Waals surface area contributed by atoms with Gasteiger partial charge in [0.1, 0.15) is 11.2 Å². The molecule has 3 aliphatic rings. The van der Waals surface area contributed by atoms with Crippen LogP contribution >= 0.6 is 0 Å². The van der Waals surface area contributed by atoms with Gasteiger partial charge in [-0.3, -0.25) is 0 Å². The van der Waals surface area contributed by atoms with Crippen LogP contribution in [0.15, 0.2) is 150 Å². The highest BCUT2D eigenvalue weighted by Crippen LogP contribution is 2.48. The Morgan fingerprint density at radius 3 is 2.39 bits per heavy atom. The van der Waals surface area contributed by atoms with Gasteiger partial charge in [0.05, 0.1) is 0 Å². The molecule has 0 saturated carbocycles. The Bertz CT molecular complexity index is 2630. The Kier molecular flexibility index (Phi) is 6.54. The van der Waals surface area contributed by atoms with Crippen LogP contribution in [-0.2, 0) is 0 Å². The molecule has 4 heteroatoms. The SMILES string of the molecule is C1=CC(c2cccc3oc4ccccc4c23)C2CCC=C(c3nc(C4=CCCC=C4)nc(-c4ccc5c(ccc6ccccc65)c4)n3)C2=C1. The van der Waals surface area contributed by atoms with Crippen LogP contribution in [0.25, 0.3) is 66.0 Å². The lowest BCUT2D eigenvalue weighted by atomic mass is 9.70. The Morgan fingerprint density at radius 1 is 0.633 bits per heavy atom. The van der Waals surface area contributed by atoms with Gasteiger partial charge in [0, 0.05) is 33.4 Å². The van der Waals surface area contributed by atoms with Gasteiger partial charge in [-0.2, -0.15) is 0 Å². The van der Waals surface area contributed by atoms with E-state index in [1.54, 1.807) is 0 Å². The summed E-state index contributed by atoms with van der Waals surface area (Å²) in [5, 5.41) is 7.30. The molecular formula is C45H33N3O. The second-order valence-electron chi connectivity index (χ2n) is 13.3. The van der Waals surface area contributed by atoms with E-state index in [2.05, 4.69) is 134 Å². The first kappa shape index (κ1) is 28.2. The van der Waals surface area contributed by atoms with Crippen molar-refractivity contribution in [3.63, 3.8) is 0 Å². The minimum atomic E-state index is 0.216. The smallest absolute Gasteiger partial charge is 0.164 e. The third-order valence-electron chi connectivity index (χ3n) is 10.5. The highest BCUT2D eigenvalue weighted by Gasteiger charge is 2.33. The molecule has 0 amide bonds. The van der Waals surface area contributed by atoms with Crippen molar-refractivity contribution < 1.29 is 4.42 Å². The van der Waals surface area contributed by atoms with Gasteiger partial charge in [-0.15, -0.1) is 0 Å². The first-order chi connectivity index (χ1) is 24.3. The Labute approximate surface area is 284 Å². The summed E-state index contributed by atoms with van der Waals surface area (Å²) in [5.74, 6) is 2.70. The number of para-hydroxylation sites is 1. The molecule has 2 unspecified atom stereocenters. The van der Waals surface area contributed by atoms with Gasteiger partial charge >= 0.3 is 0 Å². The largest absolute Gasteiger partial charge is 0.456 e. The van der Waals surface area contributed by atoms with Gasteiger partial charge in [-0.1, -0.05) is 121 Å². The van der Waals surface area contributed by atoms with Crippen molar-refractivity contribution in [1.29, 1.82) is 0 Å². The molecule has 0 aliphatic heterocycles. The fourth-order valence-electron chi connectivity index (χ4n) is 8.19. The molecule has 0 bridgehead atoms. The topological polar surface area (TPSA) is 51.8 Å². The molecule has 2 aromatic heterocycles. The first-order valence-electron chi connectivity index (χ1n) is 17.3. The van der Waals surface area contributed by atoms with E-state index < -0.39 is 0 Å². The van der Waals surface area contributed by atoms with Crippen molar-refractivity contribution in [2.24, 2.45) is 5.92 Å². The van der Waals surface area contributed by atoms with E-state index in [9.17, 15) is 0 Å². The number of aromatic nitrogens is 3. The highest BCUT2D eigenvalue weighted by molar-refractivity contribution is 6.09. The number of furan rings is 1. The van der Waals surface area contributed by atoms with E-state index in [1.807, 2.05) is 6.07 Å². The summed E-state index contributed by atoms with van der Waals surface area (Å²) in [4.78, 5) is 15.5. The zero-order valence-corrected chi connectivity index (χ0v) is 27.0. The third-order valence-corrected chi connectivity index (χ3v) is 10.5. The number of hydrogen-bond donors (Lipinski definition) is 0. The summed E-state index contributed by atoms with van der Waals surface area (Å²) in [6, 6.07) is 34.4. The lowest BCUT2D eigenvalue weighted by Crippen LogP contribution is -2.21. The van der Waals surface area contributed by atoms with Crippen LogP contribution in [0, 0.1) is 5.92 Å². The molecule has 3 aliphatic carbocycles. The van der Waals surface area contributed by atoms with E-state index in [-0.39, 0.29) is 5.92 Å². The molecule has 7 aromatic rings. The molecule has 0 radical (unpaired) electrons. The second-order valence-corrected chi connectivity index (χ2v) is 13.3. The maximum atomic E-state index is 6.30. The lowest BCUT2D eigenvalue weighted by Gasteiger charge is -2.34. The summed E-state index contributed by atoms with van der Waals surface area (Å²) < 4.78 is 6.30. The van der Waals surface area contributed by atoms with Gasteiger partial charge in [-0.05, 0) is 82.5 Å². The van der Waals surface area contributed by atoms with Crippen LogP contribution in [0.4, 0.5) is 0 Å². The first-order valence-corrected chi connectivity index (χ1v) is 17.3. The predicted molar refractivity (Wildman–Crippen MR) is 201 cm³/mol. The van der Waals surface area contributed by atoms with Crippen LogP contribution in [0.5, 0.6) is 0 Å². The second kappa shape index (κ2) is 11.4. The fourth-order valence-corrected chi connectivity index (χ4v) is 8.19. The number of allylic oxidation sites excluding steroid dienone is 10. The Morgan fingerprint density at radius 2 is 1.45 bits per heavy atom. The molecule has 234 valence electrons. The summed E-state index contributed by atoms with van der Waals surface area (Å²) in [6.45, 7) is 0. The van der Waals surface area contributed by atoms with E-state index in [1.165, 1.54) is 43.5 Å². The zero-order valence-electron chi connectivity index (χ0n) is 27.0. The minimum absolute atomic E-state index is 0.216. The molecule has 0 N–H and O–H groups in total. The van der Waals surface area contributed by atoms with Crippen molar-refractivity contribution in [1.82, 2.24) is 15.0 Å². The van der Waals surface area contributed by atoms with Gasteiger partial charge < -0.3 is 4.42 Å². The van der Waals surface area contributed by atoms with Gasteiger partial charge in [0.25, 0.3) is 0 Å². The van der Waals surface area contributed by atoms with Crippen molar-refractivity contribution in [2.75, 3.05) is 0 Å². The zero-order chi connectivity index (χ0) is 32.3. The maximum absolute atomic E-state index is 6.30. The van der Waals surface area contributed by atoms with Crippen molar-refractivity contribution >= 4 is 54.6 Å². The Balaban J connectivity index is 1.09. The molecule has 0 saturated heterocycles. The summed E-state index contributed by atoms with van der Waals surface area (Å²) >= 11 is 0. The lowest BCUT2D eigenvalue weighted by molar-refractivity contribution is 0.512. The number of rotatable bonds is 4. The molecule has 2 atom stereocenters. The average Bonchev–Trinajstić information content (AvgIpc) is 3.56. The molecule has 10 rings (SSSR count). The van der Waals surface area contributed by atoms with Gasteiger partial charge in [0.2, 0.25) is 0 Å². The summed E-state index contributed by atoms with van der Waals surface area (Å²) in [5.41, 5.74) is 7.66. The molecule has 0 fully saturated rings. The highest BCUT2D eigenvalue weighted by atomic mass is 16.3. The van der Waals surface area contributed by atoms with Crippen molar-refractivity contribution in [3.8, 4) is 11.4 Å². The van der Waals surface area contributed by atoms with Crippen molar-refractivity contribution in [3.05, 3.63) is 162 Å². The van der Waals surface area contributed by atoms with E-state index in [0.29, 0.717) is 11.7 Å². The van der Waals surface area contributed by atoms with E-state index in [0.717, 1.165) is 65.2 Å². The van der Waals surface area contributed by atoms with Crippen molar-refractivity contribution in [2.45, 2.75) is 31.6 Å². The standard InChI is InChI=1S/C45H33N3O/c1-2-12-29(13-3-1)43-46-44(31-25-26-33-30(27-31)24-23-28-11-4-5-14-32(28)33)48-45(47-43)38-20-9-16-34-35(17-8-18-36(34)38)37-19-10-22-41-42(37)39-15-6-7-21-40(39)49-41/h2,4-8,10-15,17-27,34-35H,1,3,9,16H2. The molecule has 4 nitrogen and oxygen atoms in total. The fraction of sp³-hybridized carbons (Fsp3) is 0.133. The average molecular weight is 632 g/mol. The number of nitrogens with zero attached hydrogens (tertiary/aromatic N) is 3. The van der Waals surface area contributed by atoms with E-state index in [4.69, 9.17) is 19.4 Å². The Hall–Kier alpha value is -5.87. The van der Waals surface area contributed by atoms with Crippen LogP contribution in [0.2, 0.25) is 0 Å². The van der Waals surface area contributed by atoms with Gasteiger partial charge in [0.15, 0.2) is 17.5 Å². The summed E-state index contributed by atoms with van der Waals surface area (Å²) in [6.07, 6.45) is 19.9. The van der Waals surface area contributed by atoms with Crippen LogP contribution in [0.1, 0.15) is 48.8 Å². The molecule has 0 spiro atoms. The number of benzene rings is 5. The predicted octanol–water partition coefficient (Wildman–Crippen LogP) is 11.6. The van der Waals surface area contributed by atoms with Crippen LogP contribution < -0.4 is 0 Å². The molecule has 2 heterocycles. The number of hydrogen-bond acceptors (Lipinski definition) is 4. The van der Waals surface area contributed by atoms with E-state index >= 15 is 0 Å².